The number of aliphatic hydroxyl groups excluding tert-OH is 1. The second-order valence-electron chi connectivity index (χ2n) is 4.72. The third-order valence-corrected chi connectivity index (χ3v) is 3.38. The van der Waals surface area contributed by atoms with Crippen molar-refractivity contribution in [3.05, 3.63) is 64.7 Å². The van der Waals surface area contributed by atoms with Crippen molar-refractivity contribution in [3.63, 3.8) is 0 Å². The first kappa shape index (κ1) is 13.9. The summed E-state index contributed by atoms with van der Waals surface area (Å²) in [6.45, 7) is 2.57. The summed E-state index contributed by atoms with van der Waals surface area (Å²) in [5, 5.41) is 10.6. The summed E-state index contributed by atoms with van der Waals surface area (Å²) >= 11 is 5.89. The standard InChI is InChI=1S/C16H18ClNO/c1-12(19)15-5-3-4-6-16(15)18(2)11-13-7-9-14(17)10-8-13/h3-10,12,19H,11H2,1-2H3/t12-/m1/s1. The molecule has 2 nitrogen and oxygen atoms in total. The zero-order valence-electron chi connectivity index (χ0n) is 11.2. The van der Waals surface area contributed by atoms with Crippen molar-refractivity contribution in [2.75, 3.05) is 11.9 Å². The van der Waals surface area contributed by atoms with Gasteiger partial charge in [0.05, 0.1) is 6.10 Å². The summed E-state index contributed by atoms with van der Waals surface area (Å²) in [6.07, 6.45) is -0.469. The van der Waals surface area contributed by atoms with Gasteiger partial charge in [0.2, 0.25) is 0 Å². The summed E-state index contributed by atoms with van der Waals surface area (Å²) in [6, 6.07) is 15.7. The molecule has 0 heterocycles. The molecule has 2 aromatic rings. The van der Waals surface area contributed by atoms with Gasteiger partial charge in [-0.15, -0.1) is 0 Å². The van der Waals surface area contributed by atoms with E-state index < -0.39 is 6.10 Å². The Hall–Kier alpha value is -1.51. The average Bonchev–Trinajstić information content (AvgIpc) is 2.41. The lowest BCUT2D eigenvalue weighted by Crippen LogP contribution is -2.18. The Morgan fingerprint density at radius 1 is 1.11 bits per heavy atom. The van der Waals surface area contributed by atoms with Gasteiger partial charge in [-0.2, -0.15) is 0 Å². The number of anilines is 1. The van der Waals surface area contributed by atoms with E-state index in [4.69, 9.17) is 11.6 Å². The Morgan fingerprint density at radius 2 is 1.74 bits per heavy atom. The molecule has 1 atom stereocenters. The molecule has 1 N–H and O–H groups in total. The molecule has 2 rings (SSSR count). The third kappa shape index (κ3) is 3.49. The number of rotatable bonds is 4. The van der Waals surface area contributed by atoms with Crippen molar-refractivity contribution < 1.29 is 5.11 Å². The van der Waals surface area contributed by atoms with Crippen LogP contribution in [0.2, 0.25) is 5.02 Å². The van der Waals surface area contributed by atoms with Crippen LogP contribution in [0.25, 0.3) is 0 Å². The van der Waals surface area contributed by atoms with Crippen LogP contribution < -0.4 is 4.90 Å². The van der Waals surface area contributed by atoms with Crippen LogP contribution in [0.3, 0.4) is 0 Å². The van der Waals surface area contributed by atoms with Crippen LogP contribution in [0, 0.1) is 0 Å². The maximum Gasteiger partial charge on any atom is 0.0781 e. The fourth-order valence-electron chi connectivity index (χ4n) is 2.14. The lowest BCUT2D eigenvalue weighted by molar-refractivity contribution is 0.199. The average molecular weight is 276 g/mol. The van der Waals surface area contributed by atoms with Crippen LogP contribution in [-0.4, -0.2) is 12.2 Å². The number of hydrogen-bond acceptors (Lipinski definition) is 2. The summed E-state index contributed by atoms with van der Waals surface area (Å²) in [4.78, 5) is 2.13. The van der Waals surface area contributed by atoms with E-state index in [9.17, 15) is 5.11 Å². The van der Waals surface area contributed by atoms with Crippen LogP contribution >= 0.6 is 11.6 Å². The highest BCUT2D eigenvalue weighted by atomic mass is 35.5. The van der Waals surface area contributed by atoms with Crippen molar-refractivity contribution in [1.82, 2.24) is 0 Å². The van der Waals surface area contributed by atoms with Gasteiger partial charge in [-0.25, -0.2) is 0 Å². The van der Waals surface area contributed by atoms with Crippen LogP contribution in [0.1, 0.15) is 24.2 Å². The van der Waals surface area contributed by atoms with Crippen molar-refractivity contribution in [2.24, 2.45) is 0 Å². The minimum atomic E-state index is -0.469. The molecule has 100 valence electrons. The number of halogens is 1. The largest absolute Gasteiger partial charge is 0.389 e. The molecule has 3 heteroatoms. The SMILES string of the molecule is C[C@@H](O)c1ccccc1N(C)Cc1ccc(Cl)cc1. The lowest BCUT2D eigenvalue weighted by Gasteiger charge is -2.23. The first-order chi connectivity index (χ1) is 9.08. The second-order valence-corrected chi connectivity index (χ2v) is 5.15. The van der Waals surface area contributed by atoms with Gasteiger partial charge in [-0.3, -0.25) is 0 Å². The van der Waals surface area contributed by atoms with E-state index in [1.165, 1.54) is 5.56 Å². The molecular formula is C16H18ClNO. The first-order valence-corrected chi connectivity index (χ1v) is 6.68. The molecule has 19 heavy (non-hydrogen) atoms. The van der Waals surface area contributed by atoms with Crippen molar-refractivity contribution in [1.29, 1.82) is 0 Å². The lowest BCUT2D eigenvalue weighted by atomic mass is 10.1. The molecule has 0 amide bonds. The van der Waals surface area contributed by atoms with Crippen LogP contribution in [0.15, 0.2) is 48.5 Å². The molecule has 0 spiro atoms. The quantitative estimate of drug-likeness (QED) is 0.911. The molecule has 0 aliphatic heterocycles. The predicted octanol–water partition coefficient (Wildman–Crippen LogP) is 4.03. The minimum Gasteiger partial charge on any atom is -0.389 e. The van der Waals surface area contributed by atoms with Crippen LogP contribution in [0.4, 0.5) is 5.69 Å². The van der Waals surface area contributed by atoms with Gasteiger partial charge in [-0.1, -0.05) is 41.9 Å². The Balaban J connectivity index is 2.20. The van der Waals surface area contributed by atoms with Gasteiger partial charge in [0, 0.05) is 29.9 Å². The predicted molar refractivity (Wildman–Crippen MR) is 80.6 cm³/mol. The highest BCUT2D eigenvalue weighted by molar-refractivity contribution is 6.30. The van der Waals surface area contributed by atoms with Crippen molar-refractivity contribution in [3.8, 4) is 0 Å². The van der Waals surface area contributed by atoms with E-state index in [1.54, 1.807) is 6.92 Å². The Labute approximate surface area is 119 Å². The Bertz CT molecular complexity index is 537. The maximum absolute atomic E-state index is 9.81. The first-order valence-electron chi connectivity index (χ1n) is 6.30. The molecule has 0 fully saturated rings. The molecule has 0 bridgehead atoms. The molecule has 0 saturated heterocycles. The molecule has 0 aliphatic rings. The normalized spacial score (nSPS) is 12.2. The zero-order valence-corrected chi connectivity index (χ0v) is 11.9. The zero-order chi connectivity index (χ0) is 13.8. The molecule has 0 aliphatic carbocycles. The van der Waals surface area contributed by atoms with Gasteiger partial charge in [-0.05, 0) is 30.7 Å². The highest BCUT2D eigenvalue weighted by Crippen LogP contribution is 2.26. The summed E-state index contributed by atoms with van der Waals surface area (Å²) in [5.74, 6) is 0. The monoisotopic (exact) mass is 275 g/mol. The number of aliphatic hydroxyl groups is 1. The fourth-order valence-corrected chi connectivity index (χ4v) is 2.26. The van der Waals surface area contributed by atoms with Crippen molar-refractivity contribution in [2.45, 2.75) is 19.6 Å². The van der Waals surface area contributed by atoms with E-state index in [2.05, 4.69) is 4.90 Å². The Morgan fingerprint density at radius 3 is 2.37 bits per heavy atom. The van der Waals surface area contributed by atoms with E-state index in [0.717, 1.165) is 22.8 Å². The number of para-hydroxylation sites is 1. The summed E-state index contributed by atoms with van der Waals surface area (Å²) < 4.78 is 0. The van der Waals surface area contributed by atoms with E-state index in [0.29, 0.717) is 0 Å². The van der Waals surface area contributed by atoms with Gasteiger partial charge < -0.3 is 10.0 Å². The van der Waals surface area contributed by atoms with Gasteiger partial charge in [0.15, 0.2) is 0 Å². The minimum absolute atomic E-state index is 0.469. The van der Waals surface area contributed by atoms with Crippen LogP contribution in [0.5, 0.6) is 0 Å². The van der Waals surface area contributed by atoms with E-state index in [1.807, 2.05) is 55.6 Å². The third-order valence-electron chi connectivity index (χ3n) is 3.13. The van der Waals surface area contributed by atoms with Crippen LogP contribution in [-0.2, 0) is 6.54 Å². The van der Waals surface area contributed by atoms with E-state index in [-0.39, 0.29) is 0 Å². The highest BCUT2D eigenvalue weighted by Gasteiger charge is 2.11. The fraction of sp³-hybridized carbons (Fsp3) is 0.250. The number of hydrogen-bond donors (Lipinski definition) is 1. The molecule has 0 aromatic heterocycles. The summed E-state index contributed by atoms with van der Waals surface area (Å²) in [5.41, 5.74) is 3.18. The van der Waals surface area contributed by atoms with Gasteiger partial charge in [0.1, 0.15) is 0 Å². The molecular weight excluding hydrogens is 258 g/mol. The summed E-state index contributed by atoms with van der Waals surface area (Å²) in [7, 11) is 2.02. The Kier molecular flexibility index (Phi) is 4.46. The van der Waals surface area contributed by atoms with Gasteiger partial charge in [0.25, 0.3) is 0 Å². The number of nitrogens with zero attached hydrogens (tertiary/aromatic N) is 1. The topological polar surface area (TPSA) is 23.5 Å². The maximum atomic E-state index is 9.81. The number of benzene rings is 2. The smallest absolute Gasteiger partial charge is 0.0781 e. The second kappa shape index (κ2) is 6.09. The van der Waals surface area contributed by atoms with E-state index >= 15 is 0 Å². The van der Waals surface area contributed by atoms with Gasteiger partial charge >= 0.3 is 0 Å². The molecule has 2 aromatic carbocycles. The van der Waals surface area contributed by atoms with Crippen molar-refractivity contribution >= 4 is 17.3 Å². The molecule has 0 unspecified atom stereocenters. The molecule has 0 saturated carbocycles. The molecule has 0 radical (unpaired) electrons.